The highest BCUT2D eigenvalue weighted by atomic mass is 32.2. The van der Waals surface area contributed by atoms with Gasteiger partial charge >= 0.3 is 0 Å². The van der Waals surface area contributed by atoms with Gasteiger partial charge in [-0.05, 0) is 50.5 Å². The van der Waals surface area contributed by atoms with Crippen LogP contribution < -0.4 is 5.32 Å². The molecule has 0 spiro atoms. The molecule has 0 aliphatic heterocycles. The number of nitrogens with one attached hydrogen (secondary N) is 1. The SMILES string of the molecule is CCCN(C)S(=O)(=O)c1c(C)cc(NCC)cc1C. The minimum Gasteiger partial charge on any atom is -0.385 e. The highest BCUT2D eigenvalue weighted by molar-refractivity contribution is 7.89. The van der Waals surface area contributed by atoms with Gasteiger partial charge in [0.05, 0.1) is 4.90 Å². The van der Waals surface area contributed by atoms with E-state index in [0.29, 0.717) is 11.4 Å². The Morgan fingerprint density at radius 3 is 2.11 bits per heavy atom. The van der Waals surface area contributed by atoms with Crippen LogP contribution >= 0.6 is 0 Å². The lowest BCUT2D eigenvalue weighted by molar-refractivity contribution is 0.467. The number of benzene rings is 1. The third-order valence-electron chi connectivity index (χ3n) is 3.05. The lowest BCUT2D eigenvalue weighted by Crippen LogP contribution is -2.28. The zero-order valence-electron chi connectivity index (χ0n) is 12.4. The summed E-state index contributed by atoms with van der Waals surface area (Å²) in [5.41, 5.74) is 2.55. The number of rotatable bonds is 6. The summed E-state index contributed by atoms with van der Waals surface area (Å²) in [5.74, 6) is 0. The average Bonchev–Trinajstić information content (AvgIpc) is 2.28. The van der Waals surface area contributed by atoms with Gasteiger partial charge in [-0.1, -0.05) is 6.92 Å². The zero-order chi connectivity index (χ0) is 14.6. The molecule has 1 rings (SSSR count). The quantitative estimate of drug-likeness (QED) is 0.874. The van der Waals surface area contributed by atoms with Crippen molar-refractivity contribution in [1.82, 2.24) is 4.31 Å². The molecule has 1 aromatic carbocycles. The number of anilines is 1. The van der Waals surface area contributed by atoms with Crippen molar-refractivity contribution < 1.29 is 8.42 Å². The number of nitrogens with zero attached hydrogens (tertiary/aromatic N) is 1. The molecule has 1 N–H and O–H groups in total. The van der Waals surface area contributed by atoms with Gasteiger partial charge in [0.2, 0.25) is 10.0 Å². The molecule has 0 aliphatic rings. The second kappa shape index (κ2) is 6.39. The zero-order valence-corrected chi connectivity index (χ0v) is 13.3. The van der Waals surface area contributed by atoms with Crippen LogP contribution in [0.4, 0.5) is 5.69 Å². The summed E-state index contributed by atoms with van der Waals surface area (Å²) in [5, 5.41) is 3.21. The van der Waals surface area contributed by atoms with Crippen molar-refractivity contribution in [1.29, 1.82) is 0 Å². The highest BCUT2D eigenvalue weighted by Gasteiger charge is 2.24. The maximum absolute atomic E-state index is 12.5. The molecule has 0 amide bonds. The Kier molecular flexibility index (Phi) is 5.38. The average molecular weight is 284 g/mol. The fourth-order valence-corrected chi connectivity index (χ4v) is 3.92. The van der Waals surface area contributed by atoms with E-state index in [1.165, 1.54) is 4.31 Å². The molecule has 0 heterocycles. The van der Waals surface area contributed by atoms with Gasteiger partial charge in [0.25, 0.3) is 0 Å². The monoisotopic (exact) mass is 284 g/mol. The molecule has 0 bridgehead atoms. The summed E-state index contributed by atoms with van der Waals surface area (Å²) < 4.78 is 26.5. The molecular formula is C14H24N2O2S. The molecule has 0 saturated heterocycles. The number of aryl methyl sites for hydroxylation is 2. The van der Waals surface area contributed by atoms with Crippen molar-refractivity contribution in [3.05, 3.63) is 23.3 Å². The summed E-state index contributed by atoms with van der Waals surface area (Å²) in [6, 6.07) is 3.78. The van der Waals surface area contributed by atoms with E-state index < -0.39 is 10.0 Å². The summed E-state index contributed by atoms with van der Waals surface area (Å²) in [6.07, 6.45) is 0.809. The van der Waals surface area contributed by atoms with Crippen LogP contribution in [0.5, 0.6) is 0 Å². The summed E-state index contributed by atoms with van der Waals surface area (Å²) in [7, 11) is -1.75. The van der Waals surface area contributed by atoms with Crippen LogP contribution in [-0.2, 0) is 10.0 Å². The molecule has 4 nitrogen and oxygen atoms in total. The van der Waals surface area contributed by atoms with Crippen molar-refractivity contribution in [2.45, 2.75) is 39.0 Å². The summed E-state index contributed by atoms with van der Waals surface area (Å²) in [4.78, 5) is 0.435. The molecule has 0 fully saturated rings. The standard InChI is InChI=1S/C14H24N2O2S/c1-6-8-16(5)19(17,18)14-11(3)9-13(15-7-2)10-12(14)4/h9-10,15H,6-8H2,1-5H3. The Hall–Kier alpha value is -1.07. The first-order valence-electron chi connectivity index (χ1n) is 6.66. The predicted octanol–water partition coefficient (Wildman–Crippen LogP) is 2.77. The van der Waals surface area contributed by atoms with Crippen LogP contribution in [0.1, 0.15) is 31.4 Å². The highest BCUT2D eigenvalue weighted by Crippen LogP contribution is 2.26. The van der Waals surface area contributed by atoms with Crippen LogP contribution in [-0.4, -0.2) is 32.9 Å². The molecule has 0 aromatic heterocycles. The maximum Gasteiger partial charge on any atom is 0.243 e. The van der Waals surface area contributed by atoms with Crippen molar-refractivity contribution in [2.75, 3.05) is 25.5 Å². The van der Waals surface area contributed by atoms with Gasteiger partial charge in [0.15, 0.2) is 0 Å². The van der Waals surface area contributed by atoms with Gasteiger partial charge in [0, 0.05) is 25.8 Å². The van der Waals surface area contributed by atoms with Crippen molar-refractivity contribution in [3.8, 4) is 0 Å². The first kappa shape index (κ1) is 16.0. The van der Waals surface area contributed by atoms with Crippen molar-refractivity contribution in [3.63, 3.8) is 0 Å². The number of sulfonamides is 1. The fraction of sp³-hybridized carbons (Fsp3) is 0.571. The third-order valence-corrected chi connectivity index (χ3v) is 5.21. The van der Waals surface area contributed by atoms with E-state index in [2.05, 4.69) is 5.32 Å². The Bertz CT molecular complexity index is 515. The maximum atomic E-state index is 12.5. The van der Waals surface area contributed by atoms with E-state index in [4.69, 9.17) is 0 Å². The lowest BCUT2D eigenvalue weighted by Gasteiger charge is -2.20. The van der Waals surface area contributed by atoms with Gasteiger partial charge in [-0.25, -0.2) is 12.7 Å². The van der Waals surface area contributed by atoms with Crippen LogP contribution in [0.15, 0.2) is 17.0 Å². The van der Waals surface area contributed by atoms with Crippen LogP contribution in [0.25, 0.3) is 0 Å². The topological polar surface area (TPSA) is 49.4 Å². The van der Waals surface area contributed by atoms with E-state index >= 15 is 0 Å². The van der Waals surface area contributed by atoms with Gasteiger partial charge in [0.1, 0.15) is 0 Å². The van der Waals surface area contributed by atoms with E-state index in [-0.39, 0.29) is 0 Å². The van der Waals surface area contributed by atoms with Crippen molar-refractivity contribution in [2.24, 2.45) is 0 Å². The molecule has 0 unspecified atom stereocenters. The second-order valence-electron chi connectivity index (χ2n) is 4.80. The molecule has 5 heteroatoms. The molecule has 108 valence electrons. The number of hydrogen-bond acceptors (Lipinski definition) is 3. The molecule has 1 aromatic rings. The molecule has 0 atom stereocenters. The molecular weight excluding hydrogens is 260 g/mol. The fourth-order valence-electron chi connectivity index (χ4n) is 2.25. The normalized spacial score (nSPS) is 11.9. The van der Waals surface area contributed by atoms with Crippen LogP contribution in [0.3, 0.4) is 0 Å². The summed E-state index contributed by atoms with van der Waals surface area (Å²) in [6.45, 7) is 9.04. The Morgan fingerprint density at radius 1 is 1.16 bits per heavy atom. The smallest absolute Gasteiger partial charge is 0.243 e. The Labute approximate surface area is 116 Å². The van der Waals surface area contributed by atoms with Crippen LogP contribution in [0, 0.1) is 13.8 Å². The molecule has 0 saturated carbocycles. The van der Waals surface area contributed by atoms with Crippen LogP contribution in [0.2, 0.25) is 0 Å². The first-order chi connectivity index (χ1) is 8.84. The van der Waals surface area contributed by atoms with E-state index in [1.807, 2.05) is 39.8 Å². The number of hydrogen-bond donors (Lipinski definition) is 1. The molecule has 0 aliphatic carbocycles. The van der Waals surface area contributed by atoms with Gasteiger partial charge in [-0.2, -0.15) is 0 Å². The Morgan fingerprint density at radius 2 is 1.68 bits per heavy atom. The largest absolute Gasteiger partial charge is 0.385 e. The summed E-state index contributed by atoms with van der Waals surface area (Å²) >= 11 is 0. The van der Waals surface area contributed by atoms with Gasteiger partial charge < -0.3 is 5.32 Å². The minimum atomic E-state index is -3.39. The van der Waals surface area contributed by atoms with Gasteiger partial charge in [-0.3, -0.25) is 0 Å². The lowest BCUT2D eigenvalue weighted by atomic mass is 10.1. The Balaban J connectivity index is 3.28. The van der Waals surface area contributed by atoms with Crippen molar-refractivity contribution >= 4 is 15.7 Å². The van der Waals surface area contributed by atoms with E-state index in [9.17, 15) is 8.42 Å². The van der Waals surface area contributed by atoms with E-state index in [1.54, 1.807) is 7.05 Å². The molecule has 19 heavy (non-hydrogen) atoms. The van der Waals surface area contributed by atoms with Gasteiger partial charge in [-0.15, -0.1) is 0 Å². The predicted molar refractivity (Wildman–Crippen MR) is 80.2 cm³/mol. The van der Waals surface area contributed by atoms with E-state index in [0.717, 1.165) is 29.8 Å². The first-order valence-corrected chi connectivity index (χ1v) is 8.10. The molecule has 0 radical (unpaired) electrons. The minimum absolute atomic E-state index is 0.435. The second-order valence-corrected chi connectivity index (χ2v) is 6.78. The third kappa shape index (κ3) is 3.48.